The maximum Gasteiger partial charge on any atom is 0.265 e. The van der Waals surface area contributed by atoms with E-state index < -0.39 is 6.10 Å². The predicted octanol–water partition coefficient (Wildman–Crippen LogP) is 1.05. The van der Waals surface area contributed by atoms with Gasteiger partial charge < -0.3 is 19.3 Å². The first kappa shape index (κ1) is 20.2. The predicted molar refractivity (Wildman–Crippen MR) is 117 cm³/mol. The number of hydrogen-bond donors (Lipinski definition) is 0. The summed E-state index contributed by atoms with van der Waals surface area (Å²) in [5, 5.41) is 4.66. The fraction of sp³-hybridized carbons (Fsp3) is 0.304. The molecule has 1 aromatic heterocycles. The normalized spacial score (nSPS) is 18.2. The van der Waals surface area contributed by atoms with Crippen molar-refractivity contribution in [2.75, 3.05) is 37.7 Å². The standard InChI is InChI=1S/C23H22N4O5/c28-19-13-24-27(17-6-2-1-5-16(17)19)15-22(29)26-14-21(23(30)25-9-11-31-12-10-25)32-20-8-4-3-7-18(20)26/h1-8,13,21H,9-12,14-15H2. The lowest BCUT2D eigenvalue weighted by atomic mass is 10.1. The number of nitrogens with zero attached hydrogens (tertiary/aromatic N) is 4. The third kappa shape index (κ3) is 3.71. The third-order valence-electron chi connectivity index (χ3n) is 5.72. The SMILES string of the molecule is O=C(C1CN(C(=O)Cn2ncc(=O)c3ccccc32)c2ccccc2O1)N1CCOCC1. The minimum Gasteiger partial charge on any atom is -0.476 e. The van der Waals surface area contributed by atoms with Crippen LogP contribution in [0.25, 0.3) is 10.9 Å². The van der Waals surface area contributed by atoms with Crippen molar-refractivity contribution >= 4 is 28.4 Å². The van der Waals surface area contributed by atoms with Gasteiger partial charge >= 0.3 is 0 Å². The van der Waals surface area contributed by atoms with E-state index in [4.69, 9.17) is 9.47 Å². The summed E-state index contributed by atoms with van der Waals surface area (Å²) < 4.78 is 12.8. The molecule has 9 heteroatoms. The van der Waals surface area contributed by atoms with Gasteiger partial charge in [-0.3, -0.25) is 19.1 Å². The van der Waals surface area contributed by atoms with Crippen molar-refractivity contribution in [3.05, 3.63) is 65.0 Å². The monoisotopic (exact) mass is 434 g/mol. The Balaban J connectivity index is 1.44. The molecule has 0 N–H and O–H groups in total. The Morgan fingerprint density at radius 1 is 1.03 bits per heavy atom. The van der Waals surface area contributed by atoms with Gasteiger partial charge in [0.05, 0.1) is 37.2 Å². The first-order valence-corrected chi connectivity index (χ1v) is 10.5. The number of morpholine rings is 1. The number of anilines is 1. The molecule has 0 bridgehead atoms. The molecule has 1 unspecified atom stereocenters. The molecule has 0 saturated carbocycles. The molecule has 2 aliphatic heterocycles. The van der Waals surface area contributed by atoms with Crippen molar-refractivity contribution in [1.82, 2.24) is 14.7 Å². The highest BCUT2D eigenvalue weighted by Crippen LogP contribution is 2.34. The van der Waals surface area contributed by atoms with Crippen molar-refractivity contribution in [2.24, 2.45) is 0 Å². The van der Waals surface area contributed by atoms with Crippen molar-refractivity contribution < 1.29 is 19.1 Å². The molecular formula is C23H22N4O5. The van der Waals surface area contributed by atoms with E-state index in [1.165, 1.54) is 10.9 Å². The first-order valence-electron chi connectivity index (χ1n) is 10.5. The quantitative estimate of drug-likeness (QED) is 0.612. The molecule has 1 atom stereocenters. The maximum absolute atomic E-state index is 13.4. The number of aromatic nitrogens is 2. The molecular weight excluding hydrogens is 412 g/mol. The Labute approximate surface area is 183 Å². The molecule has 0 spiro atoms. The summed E-state index contributed by atoms with van der Waals surface area (Å²) in [6.45, 7) is 2.01. The third-order valence-corrected chi connectivity index (χ3v) is 5.72. The second kappa shape index (κ2) is 8.43. The highest BCUT2D eigenvalue weighted by atomic mass is 16.5. The summed E-state index contributed by atoms with van der Waals surface area (Å²) in [7, 11) is 0. The summed E-state index contributed by atoms with van der Waals surface area (Å²) in [5.74, 6) is 0.0748. The molecule has 1 fully saturated rings. The van der Waals surface area contributed by atoms with Gasteiger partial charge in [0.15, 0.2) is 6.10 Å². The Kier molecular flexibility index (Phi) is 5.32. The van der Waals surface area contributed by atoms with Crippen molar-refractivity contribution in [2.45, 2.75) is 12.6 Å². The molecule has 2 amide bonds. The van der Waals surface area contributed by atoms with E-state index in [0.29, 0.717) is 48.6 Å². The van der Waals surface area contributed by atoms with E-state index in [1.54, 1.807) is 52.3 Å². The molecule has 1 saturated heterocycles. The van der Waals surface area contributed by atoms with Crippen LogP contribution in [0.2, 0.25) is 0 Å². The summed E-state index contributed by atoms with van der Waals surface area (Å²) in [4.78, 5) is 41.8. The number of amides is 2. The van der Waals surface area contributed by atoms with Gasteiger partial charge in [-0.25, -0.2) is 0 Å². The van der Waals surface area contributed by atoms with E-state index >= 15 is 0 Å². The fourth-order valence-electron chi connectivity index (χ4n) is 4.09. The highest BCUT2D eigenvalue weighted by Gasteiger charge is 2.36. The highest BCUT2D eigenvalue weighted by molar-refractivity contribution is 5.97. The van der Waals surface area contributed by atoms with Crippen LogP contribution in [0.15, 0.2) is 59.5 Å². The lowest BCUT2D eigenvalue weighted by molar-refractivity contribution is -0.142. The summed E-state index contributed by atoms with van der Waals surface area (Å²) in [6, 6.07) is 14.2. The Hall–Kier alpha value is -3.72. The molecule has 0 aliphatic carbocycles. The number of rotatable bonds is 3. The Morgan fingerprint density at radius 2 is 1.78 bits per heavy atom. The van der Waals surface area contributed by atoms with E-state index in [1.807, 2.05) is 6.07 Å². The number of para-hydroxylation sites is 3. The van der Waals surface area contributed by atoms with E-state index in [0.717, 1.165) is 0 Å². The molecule has 2 aliphatic rings. The lowest BCUT2D eigenvalue weighted by Gasteiger charge is -2.37. The molecule has 9 nitrogen and oxygen atoms in total. The van der Waals surface area contributed by atoms with Gasteiger partial charge in [-0.05, 0) is 24.3 Å². The lowest BCUT2D eigenvalue weighted by Crippen LogP contribution is -2.54. The Morgan fingerprint density at radius 3 is 2.62 bits per heavy atom. The van der Waals surface area contributed by atoms with Crippen LogP contribution >= 0.6 is 0 Å². The molecule has 2 aromatic carbocycles. The largest absolute Gasteiger partial charge is 0.476 e. The van der Waals surface area contributed by atoms with Crippen LogP contribution in [0.3, 0.4) is 0 Å². The molecule has 3 heterocycles. The fourth-order valence-corrected chi connectivity index (χ4v) is 4.09. The van der Waals surface area contributed by atoms with Crippen LogP contribution in [0, 0.1) is 0 Å². The molecule has 32 heavy (non-hydrogen) atoms. The van der Waals surface area contributed by atoms with Crippen molar-refractivity contribution in [3.8, 4) is 5.75 Å². The number of benzene rings is 2. The topological polar surface area (TPSA) is 94.0 Å². The van der Waals surface area contributed by atoms with Gasteiger partial charge in [0.25, 0.3) is 5.91 Å². The average Bonchev–Trinajstić information content (AvgIpc) is 2.85. The van der Waals surface area contributed by atoms with Crippen LogP contribution in [0.1, 0.15) is 0 Å². The molecule has 164 valence electrons. The van der Waals surface area contributed by atoms with Gasteiger partial charge in [0.2, 0.25) is 11.3 Å². The van der Waals surface area contributed by atoms with Crippen LogP contribution < -0.4 is 15.1 Å². The number of carbonyl (C=O) groups is 2. The second-order valence-corrected chi connectivity index (χ2v) is 7.70. The van der Waals surface area contributed by atoms with Crippen LogP contribution in [0.4, 0.5) is 5.69 Å². The smallest absolute Gasteiger partial charge is 0.265 e. The van der Waals surface area contributed by atoms with Crippen LogP contribution in [-0.2, 0) is 20.9 Å². The van der Waals surface area contributed by atoms with Crippen LogP contribution in [0.5, 0.6) is 5.75 Å². The van der Waals surface area contributed by atoms with Gasteiger partial charge in [-0.2, -0.15) is 5.10 Å². The van der Waals surface area contributed by atoms with Gasteiger partial charge in [-0.15, -0.1) is 0 Å². The number of carbonyl (C=O) groups excluding carboxylic acids is 2. The van der Waals surface area contributed by atoms with E-state index in [9.17, 15) is 14.4 Å². The first-order chi connectivity index (χ1) is 15.6. The Bertz CT molecular complexity index is 1230. The molecule has 5 rings (SSSR count). The van der Waals surface area contributed by atoms with E-state index in [2.05, 4.69) is 5.10 Å². The van der Waals surface area contributed by atoms with Gasteiger partial charge in [-0.1, -0.05) is 24.3 Å². The van der Waals surface area contributed by atoms with E-state index in [-0.39, 0.29) is 30.3 Å². The average molecular weight is 434 g/mol. The zero-order valence-electron chi connectivity index (χ0n) is 17.3. The second-order valence-electron chi connectivity index (χ2n) is 7.70. The van der Waals surface area contributed by atoms with Crippen molar-refractivity contribution in [1.29, 1.82) is 0 Å². The van der Waals surface area contributed by atoms with Crippen LogP contribution in [-0.4, -0.2) is 65.4 Å². The molecule has 0 radical (unpaired) electrons. The summed E-state index contributed by atoms with van der Waals surface area (Å²) >= 11 is 0. The number of hydrogen-bond acceptors (Lipinski definition) is 6. The van der Waals surface area contributed by atoms with Crippen molar-refractivity contribution in [3.63, 3.8) is 0 Å². The molecule has 3 aromatic rings. The number of fused-ring (bicyclic) bond motifs is 2. The van der Waals surface area contributed by atoms with Gasteiger partial charge in [0, 0.05) is 18.5 Å². The van der Waals surface area contributed by atoms with Gasteiger partial charge in [0.1, 0.15) is 12.3 Å². The minimum atomic E-state index is -0.800. The summed E-state index contributed by atoms with van der Waals surface area (Å²) in [5.41, 5.74) is 0.988. The number of ether oxygens (including phenoxy) is 2. The zero-order chi connectivity index (χ0) is 22.1. The zero-order valence-corrected chi connectivity index (χ0v) is 17.3. The minimum absolute atomic E-state index is 0.0758. The maximum atomic E-state index is 13.4. The summed E-state index contributed by atoms with van der Waals surface area (Å²) in [6.07, 6.45) is 0.416.